The summed E-state index contributed by atoms with van der Waals surface area (Å²) in [5.74, 6) is -0.704. The number of piperidine rings is 1. The van der Waals surface area contributed by atoms with Crippen LogP contribution in [0.2, 0.25) is 0 Å². The van der Waals surface area contributed by atoms with Crippen LogP contribution in [0.3, 0.4) is 0 Å². The minimum absolute atomic E-state index is 0.263. The predicted molar refractivity (Wildman–Crippen MR) is 51.7 cm³/mol. The third-order valence-corrected chi connectivity index (χ3v) is 2.42. The van der Waals surface area contributed by atoms with Crippen molar-refractivity contribution in [3.63, 3.8) is 0 Å². The van der Waals surface area contributed by atoms with Gasteiger partial charge < -0.3 is 10.0 Å². The van der Waals surface area contributed by atoms with E-state index in [-0.39, 0.29) is 6.42 Å². The standard InChI is InChI=1S/C10H17NO2/c1-11-7-5-9(6-8-11)3-2-4-10(12)13/h3H,2,4-8H2,1H3,(H,12,13). The Labute approximate surface area is 79.0 Å². The lowest BCUT2D eigenvalue weighted by Crippen LogP contribution is -2.26. The van der Waals surface area contributed by atoms with Gasteiger partial charge >= 0.3 is 5.97 Å². The summed E-state index contributed by atoms with van der Waals surface area (Å²) in [5.41, 5.74) is 1.43. The Balaban J connectivity index is 2.23. The molecule has 1 heterocycles. The molecule has 0 radical (unpaired) electrons. The molecule has 1 rings (SSSR count). The summed E-state index contributed by atoms with van der Waals surface area (Å²) >= 11 is 0. The number of carboxylic acid groups (broad SMARTS) is 1. The van der Waals surface area contributed by atoms with E-state index in [9.17, 15) is 4.79 Å². The van der Waals surface area contributed by atoms with E-state index in [1.807, 2.05) is 0 Å². The molecule has 3 nitrogen and oxygen atoms in total. The van der Waals surface area contributed by atoms with Crippen LogP contribution in [0.1, 0.15) is 25.7 Å². The highest BCUT2D eigenvalue weighted by Crippen LogP contribution is 2.15. The Hall–Kier alpha value is -0.830. The SMILES string of the molecule is CN1CCC(=CCCC(=O)O)CC1. The van der Waals surface area contributed by atoms with E-state index < -0.39 is 5.97 Å². The van der Waals surface area contributed by atoms with Crippen LogP contribution in [-0.2, 0) is 4.79 Å². The van der Waals surface area contributed by atoms with Crippen molar-refractivity contribution in [2.24, 2.45) is 0 Å². The van der Waals surface area contributed by atoms with Crippen LogP contribution in [0.25, 0.3) is 0 Å². The maximum Gasteiger partial charge on any atom is 0.303 e. The molecule has 0 spiro atoms. The second kappa shape index (κ2) is 5.02. The Morgan fingerprint density at radius 2 is 2.15 bits per heavy atom. The first kappa shape index (κ1) is 10.3. The average Bonchev–Trinajstić information content (AvgIpc) is 2.08. The molecule has 0 unspecified atom stereocenters. The number of rotatable bonds is 3. The molecule has 0 saturated carbocycles. The van der Waals surface area contributed by atoms with Crippen molar-refractivity contribution in [2.75, 3.05) is 20.1 Å². The van der Waals surface area contributed by atoms with E-state index in [1.54, 1.807) is 0 Å². The van der Waals surface area contributed by atoms with Crippen molar-refractivity contribution >= 4 is 5.97 Å². The molecule has 3 heteroatoms. The lowest BCUT2D eigenvalue weighted by atomic mass is 10.0. The van der Waals surface area contributed by atoms with Crippen LogP contribution >= 0.6 is 0 Å². The lowest BCUT2D eigenvalue weighted by molar-refractivity contribution is -0.136. The van der Waals surface area contributed by atoms with Gasteiger partial charge in [-0.2, -0.15) is 0 Å². The third kappa shape index (κ3) is 4.08. The van der Waals surface area contributed by atoms with E-state index >= 15 is 0 Å². The molecular weight excluding hydrogens is 166 g/mol. The van der Waals surface area contributed by atoms with Gasteiger partial charge in [-0.05, 0) is 26.3 Å². The zero-order valence-corrected chi connectivity index (χ0v) is 8.12. The quantitative estimate of drug-likeness (QED) is 0.674. The van der Waals surface area contributed by atoms with Crippen LogP contribution in [0.5, 0.6) is 0 Å². The first-order valence-electron chi connectivity index (χ1n) is 4.76. The number of hydrogen-bond acceptors (Lipinski definition) is 2. The highest BCUT2D eigenvalue weighted by atomic mass is 16.4. The summed E-state index contributed by atoms with van der Waals surface area (Å²) in [6, 6.07) is 0. The highest BCUT2D eigenvalue weighted by molar-refractivity contribution is 5.66. The second-order valence-electron chi connectivity index (χ2n) is 3.60. The van der Waals surface area contributed by atoms with Gasteiger partial charge in [-0.25, -0.2) is 0 Å². The Kier molecular flexibility index (Phi) is 3.96. The number of carboxylic acids is 1. The van der Waals surface area contributed by atoms with Crippen molar-refractivity contribution in [3.8, 4) is 0 Å². The maximum atomic E-state index is 10.3. The third-order valence-electron chi connectivity index (χ3n) is 2.42. The van der Waals surface area contributed by atoms with Gasteiger partial charge in [0.25, 0.3) is 0 Å². The van der Waals surface area contributed by atoms with Crippen LogP contribution < -0.4 is 0 Å². The molecular formula is C10H17NO2. The largest absolute Gasteiger partial charge is 0.481 e. The van der Waals surface area contributed by atoms with Gasteiger partial charge in [0.05, 0.1) is 0 Å². The molecule has 1 aliphatic heterocycles. The summed E-state index contributed by atoms with van der Waals surface area (Å²) < 4.78 is 0. The fraction of sp³-hybridized carbons (Fsp3) is 0.700. The van der Waals surface area contributed by atoms with Gasteiger partial charge in [-0.1, -0.05) is 11.6 Å². The highest BCUT2D eigenvalue weighted by Gasteiger charge is 2.08. The molecule has 0 aromatic rings. The van der Waals surface area contributed by atoms with Gasteiger partial charge in [0.15, 0.2) is 0 Å². The molecule has 0 amide bonds. The predicted octanol–water partition coefficient (Wildman–Crippen LogP) is 1.50. The number of aliphatic carboxylic acids is 1. The summed E-state index contributed by atoms with van der Waals surface area (Å²) in [5, 5.41) is 8.45. The zero-order chi connectivity index (χ0) is 9.68. The van der Waals surface area contributed by atoms with Crippen molar-refractivity contribution in [3.05, 3.63) is 11.6 Å². The summed E-state index contributed by atoms with van der Waals surface area (Å²) in [6.07, 6.45) is 5.26. The molecule has 13 heavy (non-hydrogen) atoms. The van der Waals surface area contributed by atoms with Crippen LogP contribution in [-0.4, -0.2) is 36.1 Å². The molecule has 1 aliphatic rings. The van der Waals surface area contributed by atoms with E-state index in [0.29, 0.717) is 6.42 Å². The summed E-state index contributed by atoms with van der Waals surface area (Å²) in [6.45, 7) is 2.22. The normalized spacial score (nSPS) is 18.7. The van der Waals surface area contributed by atoms with Crippen LogP contribution in [0, 0.1) is 0 Å². The first-order chi connectivity index (χ1) is 6.18. The fourth-order valence-corrected chi connectivity index (χ4v) is 1.51. The lowest BCUT2D eigenvalue weighted by Gasteiger charge is -2.23. The van der Waals surface area contributed by atoms with Crippen molar-refractivity contribution in [2.45, 2.75) is 25.7 Å². The van der Waals surface area contributed by atoms with Gasteiger partial charge in [-0.15, -0.1) is 0 Å². The maximum absolute atomic E-state index is 10.3. The topological polar surface area (TPSA) is 40.5 Å². The molecule has 1 saturated heterocycles. The Morgan fingerprint density at radius 3 is 2.69 bits per heavy atom. The zero-order valence-electron chi connectivity index (χ0n) is 8.12. The Morgan fingerprint density at radius 1 is 1.54 bits per heavy atom. The summed E-state index contributed by atoms with van der Waals surface area (Å²) in [4.78, 5) is 12.6. The van der Waals surface area contributed by atoms with E-state index in [2.05, 4.69) is 18.0 Å². The van der Waals surface area contributed by atoms with Gasteiger partial charge in [0, 0.05) is 19.5 Å². The average molecular weight is 183 g/mol. The van der Waals surface area contributed by atoms with Crippen LogP contribution in [0.4, 0.5) is 0 Å². The van der Waals surface area contributed by atoms with Gasteiger partial charge in [0.1, 0.15) is 0 Å². The van der Waals surface area contributed by atoms with Gasteiger partial charge in [-0.3, -0.25) is 4.79 Å². The van der Waals surface area contributed by atoms with E-state index in [4.69, 9.17) is 5.11 Å². The van der Waals surface area contributed by atoms with Crippen molar-refractivity contribution in [1.29, 1.82) is 0 Å². The first-order valence-corrected chi connectivity index (χ1v) is 4.76. The van der Waals surface area contributed by atoms with E-state index in [0.717, 1.165) is 25.9 Å². The molecule has 74 valence electrons. The molecule has 0 aliphatic carbocycles. The second-order valence-corrected chi connectivity index (χ2v) is 3.60. The minimum Gasteiger partial charge on any atom is -0.481 e. The number of allylic oxidation sites excluding steroid dienone is 1. The molecule has 0 aromatic carbocycles. The molecule has 0 atom stereocenters. The van der Waals surface area contributed by atoms with Crippen molar-refractivity contribution in [1.82, 2.24) is 4.90 Å². The number of nitrogens with zero attached hydrogens (tertiary/aromatic N) is 1. The number of hydrogen-bond donors (Lipinski definition) is 1. The number of likely N-dealkylation sites (tertiary alicyclic amines) is 1. The smallest absolute Gasteiger partial charge is 0.303 e. The summed E-state index contributed by atoms with van der Waals surface area (Å²) in [7, 11) is 2.12. The Bertz CT molecular complexity index is 201. The van der Waals surface area contributed by atoms with E-state index in [1.165, 1.54) is 5.57 Å². The number of carbonyl (C=O) groups is 1. The van der Waals surface area contributed by atoms with Gasteiger partial charge in [0.2, 0.25) is 0 Å². The molecule has 0 aromatic heterocycles. The molecule has 0 bridgehead atoms. The molecule has 1 fully saturated rings. The molecule has 1 N–H and O–H groups in total. The minimum atomic E-state index is -0.704. The van der Waals surface area contributed by atoms with Crippen molar-refractivity contribution < 1.29 is 9.90 Å². The fourth-order valence-electron chi connectivity index (χ4n) is 1.51. The monoisotopic (exact) mass is 183 g/mol. The van der Waals surface area contributed by atoms with Crippen LogP contribution in [0.15, 0.2) is 11.6 Å².